The number of aromatic nitrogens is 6. The van der Waals surface area contributed by atoms with Crippen LogP contribution in [-0.2, 0) is 9.47 Å². The second-order valence-corrected chi connectivity index (χ2v) is 10.9. The molecule has 4 heterocycles. The first-order chi connectivity index (χ1) is 25.2. The van der Waals surface area contributed by atoms with Crippen LogP contribution in [0.25, 0.3) is 44.8 Å². The van der Waals surface area contributed by atoms with E-state index in [-0.39, 0.29) is 24.8 Å². The second-order valence-electron chi connectivity index (χ2n) is 10.9. The molecule has 0 aliphatic carbocycles. The Hall–Kier alpha value is -6.26. The molecule has 52 heavy (non-hydrogen) atoms. The van der Waals surface area contributed by atoms with Crippen molar-refractivity contribution < 1.29 is 47.5 Å². The summed E-state index contributed by atoms with van der Waals surface area (Å²) < 4.78 is 42.0. The van der Waals surface area contributed by atoms with Gasteiger partial charge in [0.1, 0.15) is 24.2 Å². The van der Waals surface area contributed by atoms with E-state index < -0.39 is 0 Å². The van der Waals surface area contributed by atoms with Gasteiger partial charge in [-0.15, -0.1) is 0 Å². The van der Waals surface area contributed by atoms with Crippen LogP contribution in [0.1, 0.15) is 20.7 Å². The molecule has 0 radical (unpaired) electrons. The minimum Gasteiger partial charge on any atom is -0.493 e. The number of Topliss-reactive ketones (excluding diaryl/α,β-unsaturated/α-hetero) is 2. The van der Waals surface area contributed by atoms with Gasteiger partial charge in [-0.05, 0) is 24.3 Å². The summed E-state index contributed by atoms with van der Waals surface area (Å²) in [6.45, 7) is -0.0495. The maximum atomic E-state index is 12.2. The van der Waals surface area contributed by atoms with Gasteiger partial charge in [0.05, 0.1) is 77.6 Å². The predicted octanol–water partition coefficient (Wildman–Crippen LogP) is 4.96. The molecule has 0 amide bonds. The standard InChI is InChI=1S/2C18H19N3O5/c2*1-23-9-13(22)11-7-19-18-16(11)21-12(8-20-18)10-5-14(24-2)17(26-4)15(6-10)25-3/h2*5-8H,9H2,1-4H3,(H,19,20). The van der Waals surface area contributed by atoms with E-state index in [0.29, 0.717) is 79.3 Å². The number of methoxy groups -OCH3 is 8. The number of nitrogens with one attached hydrogen (secondary N) is 2. The summed E-state index contributed by atoms with van der Waals surface area (Å²) in [6.07, 6.45) is 6.41. The van der Waals surface area contributed by atoms with E-state index in [1.807, 2.05) is 0 Å². The molecule has 0 atom stereocenters. The number of hydrogen-bond donors (Lipinski definition) is 2. The molecule has 0 spiro atoms. The first-order valence-corrected chi connectivity index (χ1v) is 15.6. The molecular formula is C36H38N6O10. The number of benzene rings is 2. The lowest BCUT2D eigenvalue weighted by Gasteiger charge is -2.13. The summed E-state index contributed by atoms with van der Waals surface area (Å²) in [7, 11) is 12.2. The predicted molar refractivity (Wildman–Crippen MR) is 190 cm³/mol. The Morgan fingerprint density at radius 1 is 0.538 bits per heavy atom. The Labute approximate surface area is 298 Å². The monoisotopic (exact) mass is 714 g/mol. The van der Waals surface area contributed by atoms with Gasteiger partial charge in [0.15, 0.2) is 45.9 Å². The highest BCUT2D eigenvalue weighted by Crippen LogP contribution is 2.42. The van der Waals surface area contributed by atoms with Crippen molar-refractivity contribution in [2.24, 2.45) is 0 Å². The molecule has 4 aromatic heterocycles. The number of nitrogens with zero attached hydrogens (tertiary/aromatic N) is 4. The fraction of sp³-hybridized carbons (Fsp3) is 0.278. The summed E-state index contributed by atoms with van der Waals surface area (Å²) in [5, 5.41) is 0. The summed E-state index contributed by atoms with van der Waals surface area (Å²) in [4.78, 5) is 48.2. The van der Waals surface area contributed by atoms with Crippen LogP contribution in [0.2, 0.25) is 0 Å². The van der Waals surface area contributed by atoms with Gasteiger partial charge in [0.2, 0.25) is 11.5 Å². The van der Waals surface area contributed by atoms with E-state index >= 15 is 0 Å². The first-order valence-electron chi connectivity index (χ1n) is 15.6. The van der Waals surface area contributed by atoms with Gasteiger partial charge in [-0.2, -0.15) is 0 Å². The molecule has 2 N–H and O–H groups in total. The quantitative estimate of drug-likeness (QED) is 0.144. The van der Waals surface area contributed by atoms with Gasteiger partial charge >= 0.3 is 0 Å². The van der Waals surface area contributed by atoms with Crippen molar-refractivity contribution in [3.05, 3.63) is 60.2 Å². The fourth-order valence-corrected chi connectivity index (χ4v) is 5.36. The van der Waals surface area contributed by atoms with Gasteiger partial charge in [-0.25, -0.2) is 19.9 Å². The SMILES string of the molecule is COCC(=O)c1c[nH]c2ncc(-c3cc(OC)c(OC)c(OC)c3)nc12.COCC(=O)c1c[nH]c2ncc(-c3cc(OC)c(OC)c(OC)c3)nc12. The van der Waals surface area contributed by atoms with Gasteiger partial charge < -0.3 is 47.9 Å². The maximum absolute atomic E-state index is 12.2. The van der Waals surface area contributed by atoms with E-state index in [4.69, 9.17) is 37.9 Å². The highest BCUT2D eigenvalue weighted by Gasteiger charge is 2.20. The first kappa shape index (κ1) is 37.0. The van der Waals surface area contributed by atoms with Crippen LogP contribution < -0.4 is 28.4 Å². The maximum Gasteiger partial charge on any atom is 0.203 e. The van der Waals surface area contributed by atoms with Crippen molar-refractivity contribution in [1.82, 2.24) is 29.9 Å². The van der Waals surface area contributed by atoms with E-state index in [0.717, 1.165) is 11.1 Å². The average Bonchev–Trinajstić information content (AvgIpc) is 3.81. The second kappa shape index (κ2) is 16.6. The minimum absolute atomic E-state index is 0.0248. The largest absolute Gasteiger partial charge is 0.493 e. The van der Waals surface area contributed by atoms with Crippen LogP contribution in [0.3, 0.4) is 0 Å². The zero-order valence-corrected chi connectivity index (χ0v) is 29.9. The van der Waals surface area contributed by atoms with Gasteiger partial charge in [0.25, 0.3) is 0 Å². The number of ketones is 2. The molecule has 0 aliphatic heterocycles. The molecule has 2 aromatic carbocycles. The zero-order chi connectivity index (χ0) is 37.4. The molecule has 0 saturated heterocycles. The van der Waals surface area contributed by atoms with Crippen molar-refractivity contribution in [2.75, 3.05) is 70.1 Å². The van der Waals surface area contributed by atoms with Crippen LogP contribution in [-0.4, -0.2) is 112 Å². The molecule has 0 bridgehead atoms. The van der Waals surface area contributed by atoms with Crippen molar-refractivity contribution in [3.8, 4) is 57.0 Å². The zero-order valence-electron chi connectivity index (χ0n) is 29.9. The average molecular weight is 715 g/mol. The molecule has 272 valence electrons. The van der Waals surface area contributed by atoms with E-state index in [1.165, 1.54) is 14.2 Å². The Kier molecular flexibility index (Phi) is 11.8. The lowest BCUT2D eigenvalue weighted by Crippen LogP contribution is -2.06. The minimum atomic E-state index is -0.171. The van der Waals surface area contributed by atoms with Gasteiger partial charge in [0, 0.05) is 37.7 Å². The molecule has 6 rings (SSSR count). The third-order valence-corrected chi connectivity index (χ3v) is 7.83. The van der Waals surface area contributed by atoms with Crippen LogP contribution in [0.4, 0.5) is 0 Å². The third kappa shape index (κ3) is 7.42. The molecule has 16 heteroatoms. The topological polar surface area (TPSA) is 191 Å². The Bertz CT molecular complexity index is 2010. The highest BCUT2D eigenvalue weighted by atomic mass is 16.5. The number of rotatable bonds is 14. The smallest absolute Gasteiger partial charge is 0.203 e. The number of fused-ring (bicyclic) bond motifs is 2. The van der Waals surface area contributed by atoms with Crippen LogP contribution in [0.15, 0.2) is 49.1 Å². The van der Waals surface area contributed by atoms with Crippen molar-refractivity contribution in [3.63, 3.8) is 0 Å². The van der Waals surface area contributed by atoms with E-state index in [1.54, 1.807) is 91.7 Å². The molecule has 0 unspecified atom stereocenters. The third-order valence-electron chi connectivity index (χ3n) is 7.83. The van der Waals surface area contributed by atoms with Gasteiger partial charge in [-0.1, -0.05) is 0 Å². The molecule has 0 fully saturated rings. The summed E-state index contributed by atoms with van der Waals surface area (Å²) >= 11 is 0. The number of H-pyrrole nitrogens is 2. The Morgan fingerprint density at radius 3 is 1.17 bits per heavy atom. The normalized spacial score (nSPS) is 10.8. The number of hydrogen-bond acceptors (Lipinski definition) is 14. The highest BCUT2D eigenvalue weighted by molar-refractivity contribution is 6.07. The van der Waals surface area contributed by atoms with Gasteiger partial charge in [-0.3, -0.25) is 9.59 Å². The molecule has 0 saturated carbocycles. The van der Waals surface area contributed by atoms with Crippen molar-refractivity contribution >= 4 is 33.9 Å². The molecule has 16 nitrogen and oxygen atoms in total. The lowest BCUT2D eigenvalue weighted by atomic mass is 10.1. The fourth-order valence-electron chi connectivity index (χ4n) is 5.36. The number of carbonyl (C=O) groups excluding carboxylic acids is 2. The van der Waals surface area contributed by atoms with E-state index in [9.17, 15) is 9.59 Å². The van der Waals surface area contributed by atoms with Crippen LogP contribution in [0.5, 0.6) is 34.5 Å². The Balaban J connectivity index is 0.000000201. The molecule has 0 aliphatic rings. The summed E-state index contributed by atoms with van der Waals surface area (Å²) in [5.41, 5.74) is 5.48. The number of carbonyl (C=O) groups is 2. The van der Waals surface area contributed by atoms with E-state index in [2.05, 4.69) is 29.9 Å². The van der Waals surface area contributed by atoms with Crippen LogP contribution in [0, 0.1) is 0 Å². The number of ether oxygens (including phenoxy) is 8. The Morgan fingerprint density at radius 2 is 0.885 bits per heavy atom. The molecule has 6 aromatic rings. The van der Waals surface area contributed by atoms with Crippen molar-refractivity contribution in [2.45, 2.75) is 0 Å². The summed E-state index contributed by atoms with van der Waals surface area (Å²) in [6, 6.07) is 7.11. The summed E-state index contributed by atoms with van der Waals surface area (Å²) in [5.74, 6) is 2.67. The van der Waals surface area contributed by atoms with Crippen molar-refractivity contribution in [1.29, 1.82) is 0 Å². The lowest BCUT2D eigenvalue weighted by molar-refractivity contribution is 0.0843. The van der Waals surface area contributed by atoms with Crippen LogP contribution >= 0.6 is 0 Å². The molecular weight excluding hydrogens is 676 g/mol. The number of aromatic amines is 2.